The van der Waals surface area contributed by atoms with E-state index in [4.69, 9.17) is 28.3 Å². The van der Waals surface area contributed by atoms with Gasteiger partial charge in [-0.15, -0.1) is 0 Å². The number of hydrogen-bond donors (Lipinski definition) is 1. The van der Waals surface area contributed by atoms with Gasteiger partial charge in [0, 0.05) is 22.2 Å². The third-order valence-electron chi connectivity index (χ3n) is 3.89. The fraction of sp³-hybridized carbons (Fsp3) is 0.118. The summed E-state index contributed by atoms with van der Waals surface area (Å²) in [6.07, 6.45) is -3.28. The summed E-state index contributed by atoms with van der Waals surface area (Å²) >= 11 is 12.1. The molecule has 0 radical (unpaired) electrons. The second-order valence-corrected chi connectivity index (χ2v) is 6.32. The van der Waals surface area contributed by atoms with E-state index in [0.717, 1.165) is 6.07 Å². The Bertz CT molecular complexity index is 1030. The fourth-order valence-corrected chi connectivity index (χ4v) is 3.24. The third kappa shape index (κ3) is 3.24. The Labute approximate surface area is 154 Å². The van der Waals surface area contributed by atoms with Crippen molar-refractivity contribution in [3.63, 3.8) is 0 Å². The van der Waals surface area contributed by atoms with E-state index in [9.17, 15) is 22.4 Å². The lowest BCUT2D eigenvalue weighted by atomic mass is 10.1. The lowest BCUT2D eigenvalue weighted by Crippen LogP contribution is -2.07. The summed E-state index contributed by atoms with van der Waals surface area (Å²) < 4.78 is 54.1. The number of carboxylic acid groups (broad SMARTS) is 1. The van der Waals surface area contributed by atoms with Crippen LogP contribution in [0.1, 0.15) is 21.5 Å². The van der Waals surface area contributed by atoms with Crippen LogP contribution in [0.2, 0.25) is 10.0 Å². The summed E-state index contributed by atoms with van der Waals surface area (Å²) in [5.41, 5.74) is -1.11. The average Bonchev–Trinajstić information content (AvgIpc) is 2.93. The number of nitrogens with zero attached hydrogens (tertiary/aromatic N) is 1. The molecule has 1 heterocycles. The van der Waals surface area contributed by atoms with Gasteiger partial charge < -0.3 is 9.67 Å². The third-order valence-corrected chi connectivity index (χ3v) is 4.67. The first-order valence-electron chi connectivity index (χ1n) is 7.15. The van der Waals surface area contributed by atoms with Gasteiger partial charge in [0.25, 0.3) is 0 Å². The summed E-state index contributed by atoms with van der Waals surface area (Å²) in [7, 11) is 0. The van der Waals surface area contributed by atoms with Crippen molar-refractivity contribution in [2.45, 2.75) is 12.7 Å². The van der Waals surface area contributed by atoms with Crippen molar-refractivity contribution in [3.05, 3.63) is 69.1 Å². The molecule has 0 saturated carbocycles. The van der Waals surface area contributed by atoms with Crippen LogP contribution in [0.4, 0.5) is 17.6 Å². The number of halogens is 6. The normalized spacial score (nSPS) is 11.9. The molecule has 9 heteroatoms. The molecule has 0 fully saturated rings. The molecular formula is C17H9Cl2F4NO2. The summed E-state index contributed by atoms with van der Waals surface area (Å²) in [4.78, 5) is 11.2. The minimum Gasteiger partial charge on any atom is -0.478 e. The Kier molecular flexibility index (Phi) is 4.62. The van der Waals surface area contributed by atoms with E-state index in [-0.39, 0.29) is 38.6 Å². The van der Waals surface area contributed by atoms with Crippen LogP contribution in [-0.4, -0.2) is 15.6 Å². The molecule has 3 rings (SSSR count). The van der Waals surface area contributed by atoms with Crippen molar-refractivity contribution in [3.8, 4) is 0 Å². The maximum Gasteiger partial charge on any atom is 0.416 e. The number of aromatic nitrogens is 1. The van der Waals surface area contributed by atoms with Crippen molar-refractivity contribution >= 4 is 40.1 Å². The number of alkyl halides is 3. The molecule has 0 saturated heterocycles. The molecule has 3 aromatic rings. The fourth-order valence-electron chi connectivity index (χ4n) is 2.67. The van der Waals surface area contributed by atoms with Crippen molar-refractivity contribution in [2.24, 2.45) is 0 Å². The van der Waals surface area contributed by atoms with Crippen LogP contribution in [0.3, 0.4) is 0 Å². The predicted octanol–water partition coefficient (Wildman–Crippen LogP) is 5.85. The SMILES string of the molecule is O=C(O)c1ccc(Cl)c(Cn2ccc3cc(C(F)(F)F)cc(F)c32)c1Cl. The standard InChI is InChI=1S/C17H9Cl2F4NO2/c18-12-2-1-10(16(25)26)14(19)11(12)7-24-4-3-8-5-9(17(21,22)23)6-13(20)15(8)24/h1-6H,7H2,(H,25,26). The van der Waals surface area contributed by atoms with Crippen LogP contribution in [-0.2, 0) is 12.7 Å². The molecule has 0 unspecified atom stereocenters. The highest BCUT2D eigenvalue weighted by atomic mass is 35.5. The first-order valence-corrected chi connectivity index (χ1v) is 7.91. The van der Waals surface area contributed by atoms with Gasteiger partial charge in [-0.05, 0) is 30.3 Å². The second-order valence-electron chi connectivity index (χ2n) is 5.53. The van der Waals surface area contributed by atoms with E-state index < -0.39 is 23.5 Å². The molecule has 0 aliphatic rings. The molecule has 136 valence electrons. The van der Waals surface area contributed by atoms with E-state index in [1.54, 1.807) is 0 Å². The number of carbonyl (C=O) groups is 1. The van der Waals surface area contributed by atoms with Crippen LogP contribution in [0.5, 0.6) is 0 Å². The van der Waals surface area contributed by atoms with Gasteiger partial charge in [-0.1, -0.05) is 23.2 Å². The van der Waals surface area contributed by atoms with Gasteiger partial charge in [0.2, 0.25) is 0 Å². The Hall–Kier alpha value is -2.25. The topological polar surface area (TPSA) is 42.2 Å². The van der Waals surface area contributed by atoms with E-state index in [1.807, 2.05) is 0 Å². The minimum atomic E-state index is -4.67. The van der Waals surface area contributed by atoms with Gasteiger partial charge in [0.05, 0.1) is 28.2 Å². The van der Waals surface area contributed by atoms with Crippen LogP contribution in [0.25, 0.3) is 10.9 Å². The second kappa shape index (κ2) is 6.48. The molecule has 0 aliphatic heterocycles. The van der Waals surface area contributed by atoms with E-state index >= 15 is 0 Å². The molecule has 2 aromatic carbocycles. The predicted molar refractivity (Wildman–Crippen MR) is 89.4 cm³/mol. The van der Waals surface area contributed by atoms with Crippen molar-refractivity contribution < 1.29 is 27.5 Å². The van der Waals surface area contributed by atoms with Crippen LogP contribution in [0, 0.1) is 5.82 Å². The van der Waals surface area contributed by atoms with Gasteiger partial charge in [-0.2, -0.15) is 13.2 Å². The summed E-state index contributed by atoms with van der Waals surface area (Å²) in [6.45, 7) is -0.107. The maximum absolute atomic E-state index is 14.3. The van der Waals surface area contributed by atoms with Crippen molar-refractivity contribution in [1.82, 2.24) is 4.57 Å². The molecule has 0 bridgehead atoms. The van der Waals surface area contributed by atoms with Crippen molar-refractivity contribution in [2.75, 3.05) is 0 Å². The highest BCUT2D eigenvalue weighted by molar-refractivity contribution is 6.37. The Morgan fingerprint density at radius 3 is 2.46 bits per heavy atom. The lowest BCUT2D eigenvalue weighted by Gasteiger charge is -2.13. The van der Waals surface area contributed by atoms with Gasteiger partial charge in [0.1, 0.15) is 5.82 Å². The monoisotopic (exact) mass is 405 g/mol. The molecule has 1 aromatic heterocycles. The van der Waals surface area contributed by atoms with Gasteiger partial charge in [-0.3, -0.25) is 0 Å². The first-order chi connectivity index (χ1) is 12.1. The first kappa shape index (κ1) is 18.5. The van der Waals surface area contributed by atoms with Gasteiger partial charge in [-0.25, -0.2) is 9.18 Å². The molecule has 1 N–H and O–H groups in total. The Morgan fingerprint density at radius 1 is 1.15 bits per heavy atom. The molecule has 26 heavy (non-hydrogen) atoms. The number of rotatable bonds is 3. The number of carboxylic acids is 1. The molecule has 0 spiro atoms. The smallest absolute Gasteiger partial charge is 0.416 e. The zero-order valence-electron chi connectivity index (χ0n) is 12.7. The van der Waals surface area contributed by atoms with Crippen LogP contribution < -0.4 is 0 Å². The minimum absolute atomic E-state index is 0.0546. The largest absolute Gasteiger partial charge is 0.478 e. The zero-order valence-corrected chi connectivity index (χ0v) is 14.3. The lowest BCUT2D eigenvalue weighted by molar-refractivity contribution is -0.137. The Morgan fingerprint density at radius 2 is 1.85 bits per heavy atom. The maximum atomic E-state index is 14.3. The quantitative estimate of drug-likeness (QED) is 0.555. The van der Waals surface area contributed by atoms with Crippen molar-refractivity contribution in [1.29, 1.82) is 0 Å². The van der Waals surface area contributed by atoms with Crippen LogP contribution >= 0.6 is 23.2 Å². The van der Waals surface area contributed by atoms with E-state index in [2.05, 4.69) is 0 Å². The van der Waals surface area contributed by atoms with E-state index in [0.29, 0.717) is 6.07 Å². The number of aromatic carboxylic acids is 1. The highest BCUT2D eigenvalue weighted by Gasteiger charge is 2.32. The molecule has 3 nitrogen and oxygen atoms in total. The molecule has 0 atom stereocenters. The van der Waals surface area contributed by atoms with Crippen LogP contribution in [0.15, 0.2) is 36.5 Å². The highest BCUT2D eigenvalue weighted by Crippen LogP contribution is 2.34. The molecular weight excluding hydrogens is 397 g/mol. The molecule has 0 aliphatic carbocycles. The van der Waals surface area contributed by atoms with Gasteiger partial charge >= 0.3 is 12.1 Å². The summed E-state index contributed by atoms with van der Waals surface area (Å²) in [5, 5.41) is 9.23. The average molecular weight is 406 g/mol. The number of fused-ring (bicyclic) bond motifs is 1. The van der Waals surface area contributed by atoms with Gasteiger partial charge in [0.15, 0.2) is 0 Å². The number of hydrogen-bond acceptors (Lipinski definition) is 1. The summed E-state index contributed by atoms with van der Waals surface area (Å²) in [5.74, 6) is -2.31. The summed E-state index contributed by atoms with van der Waals surface area (Å²) in [6, 6.07) is 5.16. The van der Waals surface area contributed by atoms with E-state index in [1.165, 1.54) is 29.0 Å². The Balaban J connectivity index is 2.12. The zero-order chi connectivity index (χ0) is 19.2. The number of benzene rings is 2. The molecule has 0 amide bonds.